The number of nitrogens with one attached hydrogen (secondary N) is 2. The highest BCUT2D eigenvalue weighted by molar-refractivity contribution is 8.00. The van der Waals surface area contributed by atoms with Crippen LogP contribution in [0.3, 0.4) is 0 Å². The number of anilines is 1. The minimum atomic E-state index is -0.696. The summed E-state index contributed by atoms with van der Waals surface area (Å²) in [5.41, 5.74) is 1.89. The first-order valence-electron chi connectivity index (χ1n) is 15.2. The minimum Gasteiger partial charge on any atom is -0.462 e. The Hall–Kier alpha value is -4.50. The zero-order chi connectivity index (χ0) is 33.9. The molecule has 1 aliphatic rings. The zero-order valence-electron chi connectivity index (χ0n) is 26.7. The molecule has 0 aliphatic heterocycles. The fourth-order valence-electron chi connectivity index (χ4n) is 5.39. The van der Waals surface area contributed by atoms with Gasteiger partial charge in [0.05, 0.1) is 35.2 Å². The fraction of sp³-hybridized carbons (Fsp3) is 0.406. The first-order chi connectivity index (χ1) is 22.4. The van der Waals surface area contributed by atoms with Crippen molar-refractivity contribution in [3.8, 4) is 5.69 Å². The van der Waals surface area contributed by atoms with Crippen LogP contribution in [0, 0.1) is 21.4 Å². The first-order valence-corrected chi connectivity index (χ1v) is 16.9. The lowest BCUT2D eigenvalue weighted by Crippen LogP contribution is -2.27. The Balaban J connectivity index is 1.39. The van der Waals surface area contributed by atoms with Crippen LogP contribution in [-0.2, 0) is 28.9 Å². The number of esters is 1. The van der Waals surface area contributed by atoms with Crippen LogP contribution in [0.4, 0.5) is 10.7 Å². The molecule has 3 heterocycles. The zero-order valence-corrected chi connectivity index (χ0v) is 28.3. The molecule has 3 aromatic heterocycles. The summed E-state index contributed by atoms with van der Waals surface area (Å²) in [4.78, 5) is 51.1. The molecular formula is C32H36N6O7S2. The molecule has 0 saturated heterocycles. The molecule has 5 rings (SSSR count). The number of amides is 2. The van der Waals surface area contributed by atoms with Crippen molar-refractivity contribution in [1.82, 2.24) is 20.1 Å². The second-order valence-electron chi connectivity index (χ2n) is 12.2. The van der Waals surface area contributed by atoms with Gasteiger partial charge in [-0.05, 0) is 74.3 Å². The van der Waals surface area contributed by atoms with Crippen LogP contribution in [0.25, 0.3) is 5.69 Å². The summed E-state index contributed by atoms with van der Waals surface area (Å²) in [6.07, 6.45) is 3.90. The number of thiophene rings is 1. The van der Waals surface area contributed by atoms with E-state index in [0.29, 0.717) is 33.2 Å². The summed E-state index contributed by atoms with van der Waals surface area (Å²) < 4.78 is 12.2. The number of nitrogens with zero attached hydrogens (tertiary/aromatic N) is 4. The number of rotatable bonds is 11. The Kier molecular flexibility index (Phi) is 10.2. The second-order valence-corrected chi connectivity index (χ2v) is 14.6. The van der Waals surface area contributed by atoms with Crippen molar-refractivity contribution in [2.75, 3.05) is 11.9 Å². The summed E-state index contributed by atoms with van der Waals surface area (Å²) in [6.45, 7) is 10.3. The maximum Gasteiger partial charge on any atom is 0.341 e. The highest BCUT2D eigenvalue weighted by Crippen LogP contribution is 2.44. The molecule has 0 fully saturated rings. The van der Waals surface area contributed by atoms with Gasteiger partial charge in [0.15, 0.2) is 16.7 Å². The van der Waals surface area contributed by atoms with Crippen molar-refractivity contribution in [3.05, 3.63) is 80.4 Å². The molecule has 2 atom stereocenters. The van der Waals surface area contributed by atoms with Gasteiger partial charge in [0.2, 0.25) is 5.91 Å². The molecule has 13 nitrogen and oxygen atoms in total. The van der Waals surface area contributed by atoms with Crippen molar-refractivity contribution in [2.45, 2.75) is 70.8 Å². The number of non-ortho nitro benzene ring substituents is 1. The van der Waals surface area contributed by atoms with E-state index < -0.39 is 22.0 Å². The Bertz CT molecular complexity index is 1770. The number of aromatic nitrogens is 3. The largest absolute Gasteiger partial charge is 0.462 e. The van der Waals surface area contributed by atoms with Gasteiger partial charge >= 0.3 is 5.97 Å². The number of furan rings is 1. The van der Waals surface area contributed by atoms with Gasteiger partial charge in [-0.15, -0.1) is 21.5 Å². The number of fused-ring (bicyclic) bond motifs is 1. The van der Waals surface area contributed by atoms with Crippen molar-refractivity contribution < 1.29 is 28.5 Å². The second kappa shape index (κ2) is 14.1. The molecule has 1 aromatic carbocycles. The number of thioether (sulfide) groups is 1. The first kappa shape index (κ1) is 33.9. The Morgan fingerprint density at radius 2 is 1.96 bits per heavy atom. The van der Waals surface area contributed by atoms with E-state index in [2.05, 4.69) is 41.6 Å². The number of benzene rings is 1. The molecule has 1 aliphatic carbocycles. The van der Waals surface area contributed by atoms with Crippen LogP contribution in [0.2, 0.25) is 0 Å². The van der Waals surface area contributed by atoms with E-state index in [1.54, 1.807) is 36.6 Å². The van der Waals surface area contributed by atoms with Crippen molar-refractivity contribution in [2.24, 2.45) is 11.3 Å². The molecule has 0 spiro atoms. The standard InChI is InChI=1S/C32H36N6O7S2/c1-6-44-30(41)26-22-14-9-19(32(3,4)5)16-24(22)47-29(26)34-27(39)18(2)46-31-36-35-25(17-33-28(40)23-8-7-15-45-23)37(31)20-10-12-21(13-11-20)38(42)43/h7-8,10-13,15,18-19H,6,9,14,16-17H2,1-5H3,(H,33,40)(H,34,39). The third kappa shape index (κ3) is 7.57. The minimum absolute atomic E-state index is 0.0378. The van der Waals surface area contributed by atoms with E-state index in [1.165, 1.54) is 35.8 Å². The quantitative estimate of drug-likeness (QED) is 0.0803. The maximum atomic E-state index is 13.6. The third-order valence-corrected chi connectivity index (χ3v) is 10.2. The maximum absolute atomic E-state index is 13.6. The van der Waals surface area contributed by atoms with E-state index in [0.717, 1.165) is 41.5 Å². The van der Waals surface area contributed by atoms with Gasteiger partial charge in [0, 0.05) is 22.7 Å². The lowest BCUT2D eigenvalue weighted by Gasteiger charge is -2.33. The molecule has 47 heavy (non-hydrogen) atoms. The number of hydrogen-bond acceptors (Lipinski definition) is 11. The Labute approximate surface area is 279 Å². The summed E-state index contributed by atoms with van der Waals surface area (Å²) in [6, 6.07) is 8.91. The van der Waals surface area contributed by atoms with E-state index in [4.69, 9.17) is 9.15 Å². The van der Waals surface area contributed by atoms with E-state index in [1.807, 2.05) is 0 Å². The topological polar surface area (TPSA) is 171 Å². The van der Waals surface area contributed by atoms with Gasteiger partial charge < -0.3 is 19.8 Å². The molecule has 0 bridgehead atoms. The van der Waals surface area contributed by atoms with Gasteiger partial charge in [-0.1, -0.05) is 32.5 Å². The SMILES string of the molecule is CCOC(=O)c1c(NC(=O)C(C)Sc2nnc(CNC(=O)c3ccco3)n2-c2ccc([N+](=O)[O-])cc2)sc2c1CCC(C(C)(C)C)C2. The summed E-state index contributed by atoms with van der Waals surface area (Å²) >= 11 is 2.55. The predicted octanol–water partition coefficient (Wildman–Crippen LogP) is 6.21. The van der Waals surface area contributed by atoms with Crippen molar-refractivity contribution >= 4 is 51.6 Å². The van der Waals surface area contributed by atoms with Gasteiger partial charge in [-0.2, -0.15) is 0 Å². The fourth-order valence-corrected chi connectivity index (χ4v) is 7.59. The molecular weight excluding hydrogens is 645 g/mol. The highest BCUT2D eigenvalue weighted by atomic mass is 32.2. The average molecular weight is 681 g/mol. The molecule has 248 valence electrons. The average Bonchev–Trinajstić information content (AvgIpc) is 3.78. The van der Waals surface area contributed by atoms with Crippen LogP contribution in [-0.4, -0.2) is 49.3 Å². The number of carbonyl (C=O) groups is 3. The third-order valence-electron chi connectivity index (χ3n) is 8.03. The summed E-state index contributed by atoms with van der Waals surface area (Å²) in [5, 5.41) is 25.6. The molecule has 0 radical (unpaired) electrons. The molecule has 2 N–H and O–H groups in total. The van der Waals surface area contributed by atoms with Gasteiger partial charge in [0.25, 0.3) is 11.6 Å². The number of ether oxygens (including phenoxy) is 1. The lowest BCUT2D eigenvalue weighted by molar-refractivity contribution is -0.384. The van der Waals surface area contributed by atoms with Crippen LogP contribution in [0.15, 0.2) is 52.2 Å². The molecule has 2 amide bonds. The molecule has 4 aromatic rings. The van der Waals surface area contributed by atoms with Crippen LogP contribution < -0.4 is 10.6 Å². The van der Waals surface area contributed by atoms with Crippen LogP contribution in [0.1, 0.15) is 78.2 Å². The molecule has 15 heteroatoms. The monoisotopic (exact) mass is 680 g/mol. The number of hydrogen-bond donors (Lipinski definition) is 2. The molecule has 2 unspecified atom stereocenters. The van der Waals surface area contributed by atoms with Crippen molar-refractivity contribution in [3.63, 3.8) is 0 Å². The Morgan fingerprint density at radius 1 is 1.21 bits per heavy atom. The van der Waals surface area contributed by atoms with E-state index >= 15 is 0 Å². The summed E-state index contributed by atoms with van der Waals surface area (Å²) in [5.74, 6) is -0.354. The number of nitro benzene ring substituents is 1. The normalized spacial score (nSPS) is 15.0. The predicted molar refractivity (Wildman–Crippen MR) is 177 cm³/mol. The van der Waals surface area contributed by atoms with E-state index in [-0.39, 0.29) is 35.9 Å². The Morgan fingerprint density at radius 3 is 2.60 bits per heavy atom. The van der Waals surface area contributed by atoms with Gasteiger partial charge in [-0.3, -0.25) is 24.3 Å². The van der Waals surface area contributed by atoms with Crippen molar-refractivity contribution in [1.29, 1.82) is 0 Å². The molecule has 0 saturated carbocycles. The van der Waals surface area contributed by atoms with Gasteiger partial charge in [0.1, 0.15) is 5.00 Å². The number of nitro groups is 1. The van der Waals surface area contributed by atoms with E-state index in [9.17, 15) is 24.5 Å². The lowest BCUT2D eigenvalue weighted by atomic mass is 9.72. The smallest absolute Gasteiger partial charge is 0.341 e. The van der Waals surface area contributed by atoms with Crippen LogP contribution in [0.5, 0.6) is 0 Å². The number of carbonyl (C=O) groups excluding carboxylic acids is 3. The highest BCUT2D eigenvalue weighted by Gasteiger charge is 2.35. The van der Waals surface area contributed by atoms with Crippen LogP contribution >= 0.6 is 23.1 Å². The summed E-state index contributed by atoms with van der Waals surface area (Å²) in [7, 11) is 0. The van der Waals surface area contributed by atoms with Gasteiger partial charge in [-0.25, -0.2) is 4.79 Å².